The highest BCUT2D eigenvalue weighted by atomic mass is 16.5. The maximum absolute atomic E-state index is 12.3. The van der Waals surface area contributed by atoms with Crippen molar-refractivity contribution in [2.45, 2.75) is 32.6 Å². The first-order valence-corrected chi connectivity index (χ1v) is 10.3. The van der Waals surface area contributed by atoms with Crippen molar-refractivity contribution in [1.29, 1.82) is 0 Å². The summed E-state index contributed by atoms with van der Waals surface area (Å²) in [5.74, 6) is 0.338. The van der Waals surface area contributed by atoms with Crippen LogP contribution in [0.15, 0.2) is 72.8 Å². The fourth-order valence-electron chi connectivity index (χ4n) is 2.92. The zero-order chi connectivity index (χ0) is 21.2. The van der Waals surface area contributed by atoms with Crippen molar-refractivity contribution < 1.29 is 23.8 Å². The molecule has 0 unspecified atom stereocenters. The maximum Gasteiger partial charge on any atom is 0.343 e. The van der Waals surface area contributed by atoms with Crippen LogP contribution in [0.3, 0.4) is 0 Å². The summed E-state index contributed by atoms with van der Waals surface area (Å²) in [6.07, 6.45) is 11.7. The van der Waals surface area contributed by atoms with E-state index in [1.807, 2.05) is 0 Å². The fourth-order valence-corrected chi connectivity index (χ4v) is 2.92. The molecule has 3 rings (SSSR count). The zero-order valence-corrected chi connectivity index (χ0v) is 17.1. The summed E-state index contributed by atoms with van der Waals surface area (Å²) >= 11 is 0. The summed E-state index contributed by atoms with van der Waals surface area (Å²) in [4.78, 5) is 24.3. The molecule has 5 nitrogen and oxygen atoms in total. The Morgan fingerprint density at radius 1 is 0.767 bits per heavy atom. The molecule has 1 aliphatic rings. The first kappa shape index (κ1) is 21.4. The van der Waals surface area contributed by atoms with Crippen LogP contribution in [0, 0.1) is 5.92 Å². The van der Waals surface area contributed by atoms with E-state index in [4.69, 9.17) is 14.2 Å². The summed E-state index contributed by atoms with van der Waals surface area (Å²) in [5, 5.41) is 0. The topological polar surface area (TPSA) is 61.8 Å². The monoisotopic (exact) mass is 406 g/mol. The lowest BCUT2D eigenvalue weighted by Crippen LogP contribution is -2.15. The molecule has 0 saturated carbocycles. The van der Waals surface area contributed by atoms with Gasteiger partial charge in [0.05, 0.1) is 18.1 Å². The number of ether oxygens (including phenoxy) is 3. The van der Waals surface area contributed by atoms with Crippen molar-refractivity contribution in [3.63, 3.8) is 0 Å². The molecule has 0 amide bonds. The molecule has 2 aromatic rings. The molecule has 0 aliphatic heterocycles. The standard InChI is InChI=1S/C25H26O5/c1-2-3-4-7-18-28-21-12-10-20(11-13-21)25(27)30-23-16-14-22(15-17-23)29-24(26)19-8-5-6-9-19/h5-6,8-17,19H,2-4,7,18H2,1H3. The van der Waals surface area contributed by atoms with Gasteiger partial charge in [0.1, 0.15) is 17.2 Å². The molecule has 30 heavy (non-hydrogen) atoms. The van der Waals surface area contributed by atoms with E-state index in [9.17, 15) is 9.59 Å². The van der Waals surface area contributed by atoms with E-state index >= 15 is 0 Å². The van der Waals surface area contributed by atoms with Crippen LogP contribution in [0.5, 0.6) is 17.2 Å². The second-order valence-corrected chi connectivity index (χ2v) is 7.01. The van der Waals surface area contributed by atoms with Crippen molar-refractivity contribution in [3.05, 3.63) is 78.4 Å². The van der Waals surface area contributed by atoms with Gasteiger partial charge in [0.2, 0.25) is 0 Å². The fraction of sp³-hybridized carbons (Fsp3) is 0.280. The van der Waals surface area contributed by atoms with E-state index in [1.54, 1.807) is 72.8 Å². The predicted octanol–water partition coefficient (Wildman–Crippen LogP) is 5.51. The molecule has 0 bridgehead atoms. The van der Waals surface area contributed by atoms with Gasteiger partial charge in [-0.3, -0.25) is 4.79 Å². The average Bonchev–Trinajstić information content (AvgIpc) is 3.30. The molecule has 1 aliphatic carbocycles. The molecule has 0 saturated heterocycles. The molecule has 0 aromatic heterocycles. The minimum absolute atomic E-state index is 0.350. The Balaban J connectivity index is 1.47. The number of hydrogen-bond donors (Lipinski definition) is 0. The molecular weight excluding hydrogens is 380 g/mol. The average molecular weight is 406 g/mol. The Morgan fingerprint density at radius 3 is 2.00 bits per heavy atom. The lowest BCUT2D eigenvalue weighted by atomic mass is 10.2. The van der Waals surface area contributed by atoms with Crippen LogP contribution >= 0.6 is 0 Å². The van der Waals surface area contributed by atoms with Crippen LogP contribution in [0.4, 0.5) is 0 Å². The first-order valence-electron chi connectivity index (χ1n) is 10.3. The van der Waals surface area contributed by atoms with E-state index in [2.05, 4.69) is 6.92 Å². The maximum atomic E-state index is 12.3. The Morgan fingerprint density at radius 2 is 1.37 bits per heavy atom. The zero-order valence-electron chi connectivity index (χ0n) is 17.1. The van der Waals surface area contributed by atoms with E-state index < -0.39 is 5.97 Å². The minimum Gasteiger partial charge on any atom is -0.494 e. The largest absolute Gasteiger partial charge is 0.494 e. The number of rotatable bonds is 10. The summed E-state index contributed by atoms with van der Waals surface area (Å²) in [7, 11) is 0. The number of unbranched alkanes of at least 4 members (excludes halogenated alkanes) is 3. The second kappa shape index (κ2) is 11.0. The lowest BCUT2D eigenvalue weighted by molar-refractivity contribution is -0.135. The quantitative estimate of drug-likeness (QED) is 0.296. The predicted molar refractivity (Wildman–Crippen MR) is 115 cm³/mol. The van der Waals surface area contributed by atoms with Gasteiger partial charge in [-0.2, -0.15) is 0 Å². The van der Waals surface area contributed by atoms with Gasteiger partial charge in [-0.25, -0.2) is 4.79 Å². The molecule has 2 aromatic carbocycles. The van der Waals surface area contributed by atoms with Crippen LogP contribution in [0.25, 0.3) is 0 Å². The van der Waals surface area contributed by atoms with Gasteiger partial charge in [0.25, 0.3) is 0 Å². The Labute approximate surface area is 177 Å². The van der Waals surface area contributed by atoms with Crippen LogP contribution in [0.2, 0.25) is 0 Å². The Kier molecular flexibility index (Phi) is 7.84. The van der Waals surface area contributed by atoms with Gasteiger partial charge < -0.3 is 14.2 Å². The van der Waals surface area contributed by atoms with Gasteiger partial charge >= 0.3 is 11.9 Å². The summed E-state index contributed by atoms with van der Waals surface area (Å²) in [5.41, 5.74) is 0.434. The first-order chi connectivity index (χ1) is 14.7. The highest BCUT2D eigenvalue weighted by Gasteiger charge is 2.17. The molecular formula is C25H26O5. The molecule has 5 heteroatoms. The number of benzene rings is 2. The smallest absolute Gasteiger partial charge is 0.343 e. The minimum atomic E-state index is -0.463. The number of allylic oxidation sites excluding steroid dienone is 2. The summed E-state index contributed by atoms with van der Waals surface area (Å²) in [6, 6.07) is 13.3. The van der Waals surface area contributed by atoms with E-state index in [1.165, 1.54) is 12.8 Å². The van der Waals surface area contributed by atoms with Crippen LogP contribution in [-0.4, -0.2) is 18.5 Å². The van der Waals surface area contributed by atoms with Crippen molar-refractivity contribution in [1.82, 2.24) is 0 Å². The molecule has 156 valence electrons. The highest BCUT2D eigenvalue weighted by Crippen LogP contribution is 2.21. The SMILES string of the molecule is CCCCCCOc1ccc(C(=O)Oc2ccc(OC(=O)C3C=CC=C3)cc2)cc1. The summed E-state index contributed by atoms with van der Waals surface area (Å²) < 4.78 is 16.4. The molecule has 0 N–H and O–H groups in total. The molecule has 0 fully saturated rings. The second-order valence-electron chi connectivity index (χ2n) is 7.01. The van der Waals surface area contributed by atoms with Gasteiger partial charge in [-0.05, 0) is 55.0 Å². The third-order valence-electron chi connectivity index (χ3n) is 4.63. The van der Waals surface area contributed by atoms with Crippen LogP contribution in [0.1, 0.15) is 43.0 Å². The van der Waals surface area contributed by atoms with Gasteiger partial charge in [0.15, 0.2) is 0 Å². The number of carbonyl (C=O) groups excluding carboxylic acids is 2. The Bertz CT molecular complexity index is 882. The number of esters is 2. The summed E-state index contributed by atoms with van der Waals surface area (Å²) in [6.45, 7) is 2.85. The number of carbonyl (C=O) groups is 2. The molecule has 0 radical (unpaired) electrons. The third-order valence-corrected chi connectivity index (χ3v) is 4.63. The van der Waals surface area contributed by atoms with Gasteiger partial charge in [-0.1, -0.05) is 50.5 Å². The third kappa shape index (κ3) is 6.34. The highest BCUT2D eigenvalue weighted by molar-refractivity contribution is 5.91. The molecule has 0 atom stereocenters. The van der Waals surface area contributed by atoms with E-state index in [-0.39, 0.29) is 11.9 Å². The lowest BCUT2D eigenvalue weighted by Gasteiger charge is -2.09. The molecule has 0 heterocycles. The van der Waals surface area contributed by atoms with Crippen molar-refractivity contribution in [2.24, 2.45) is 5.92 Å². The van der Waals surface area contributed by atoms with Crippen LogP contribution < -0.4 is 14.2 Å². The number of hydrogen-bond acceptors (Lipinski definition) is 5. The molecule has 0 spiro atoms. The Hall–Kier alpha value is -3.34. The van der Waals surface area contributed by atoms with Crippen LogP contribution in [-0.2, 0) is 4.79 Å². The van der Waals surface area contributed by atoms with Gasteiger partial charge in [-0.15, -0.1) is 0 Å². The van der Waals surface area contributed by atoms with Crippen molar-refractivity contribution in [2.75, 3.05) is 6.61 Å². The van der Waals surface area contributed by atoms with E-state index in [0.717, 1.165) is 18.6 Å². The van der Waals surface area contributed by atoms with E-state index in [0.29, 0.717) is 23.7 Å². The van der Waals surface area contributed by atoms with Crippen molar-refractivity contribution >= 4 is 11.9 Å². The van der Waals surface area contributed by atoms with Crippen molar-refractivity contribution in [3.8, 4) is 17.2 Å². The normalized spacial score (nSPS) is 12.7. The van der Waals surface area contributed by atoms with Gasteiger partial charge in [0, 0.05) is 0 Å².